The topological polar surface area (TPSA) is 98.7 Å². The Hall–Kier alpha value is -3.35. The summed E-state index contributed by atoms with van der Waals surface area (Å²) in [7, 11) is 0. The number of rotatable bonds is 7. The maximum atomic E-state index is 12.3. The first-order valence-corrected chi connectivity index (χ1v) is 9.75. The summed E-state index contributed by atoms with van der Waals surface area (Å²) >= 11 is 0. The highest BCUT2D eigenvalue weighted by molar-refractivity contribution is 5.99. The number of aliphatic carboxylic acids is 1. The molecule has 1 aliphatic heterocycles. The van der Waals surface area contributed by atoms with Gasteiger partial charge in [-0.1, -0.05) is 24.3 Å². The monoisotopic (exact) mass is 395 g/mol. The second kappa shape index (κ2) is 9.73. The van der Waals surface area contributed by atoms with Gasteiger partial charge in [-0.05, 0) is 54.7 Å². The van der Waals surface area contributed by atoms with Gasteiger partial charge in [0.25, 0.3) is 0 Å². The van der Waals surface area contributed by atoms with Crippen LogP contribution in [-0.4, -0.2) is 34.5 Å². The summed E-state index contributed by atoms with van der Waals surface area (Å²) in [6, 6.07) is 14.2. The van der Waals surface area contributed by atoms with E-state index in [2.05, 4.69) is 10.6 Å². The second-order valence-electron chi connectivity index (χ2n) is 7.15. The molecule has 1 heterocycles. The van der Waals surface area contributed by atoms with Crippen LogP contribution in [0.15, 0.2) is 48.5 Å². The van der Waals surface area contributed by atoms with Crippen LogP contribution in [0.3, 0.4) is 0 Å². The third-order valence-electron chi connectivity index (χ3n) is 4.79. The number of likely N-dealkylation sites (tertiary alicyclic amines) is 1. The summed E-state index contributed by atoms with van der Waals surface area (Å²) in [4.78, 5) is 36.9. The van der Waals surface area contributed by atoms with Crippen molar-refractivity contribution in [2.24, 2.45) is 0 Å². The number of carboxylic acids is 1. The lowest BCUT2D eigenvalue weighted by Gasteiger charge is -2.26. The van der Waals surface area contributed by atoms with E-state index >= 15 is 0 Å². The van der Waals surface area contributed by atoms with E-state index in [9.17, 15) is 14.4 Å². The maximum Gasteiger partial charge on any atom is 0.323 e. The SMILES string of the molecule is O=C(O)CCc1cccc(NC(=O)Nc2cccc(CN3CCCCC3=O)c2)c1. The standard InChI is InChI=1S/C22H25N3O4/c26-20-9-1-2-12-25(20)15-17-6-4-8-19(14-17)24-22(29)23-18-7-3-5-16(13-18)10-11-21(27)28/h3-8,13-14H,1-2,9-12,15H2,(H,27,28)(H2,23,24,29). The van der Waals surface area contributed by atoms with Gasteiger partial charge in [-0.3, -0.25) is 9.59 Å². The van der Waals surface area contributed by atoms with Gasteiger partial charge >= 0.3 is 12.0 Å². The van der Waals surface area contributed by atoms with E-state index in [4.69, 9.17) is 5.11 Å². The summed E-state index contributed by atoms with van der Waals surface area (Å²) in [5.41, 5.74) is 3.05. The Bertz CT molecular complexity index is 897. The van der Waals surface area contributed by atoms with Gasteiger partial charge in [0.05, 0.1) is 0 Å². The Balaban J connectivity index is 1.57. The van der Waals surface area contributed by atoms with Gasteiger partial charge in [0, 0.05) is 37.3 Å². The quantitative estimate of drug-likeness (QED) is 0.663. The number of aryl methyl sites for hydroxylation is 1. The Morgan fingerprint density at radius 2 is 1.62 bits per heavy atom. The van der Waals surface area contributed by atoms with Crippen LogP contribution in [0.1, 0.15) is 36.8 Å². The molecule has 2 aromatic rings. The number of piperidine rings is 1. The lowest BCUT2D eigenvalue weighted by molar-refractivity contribution is -0.137. The van der Waals surface area contributed by atoms with Crippen LogP contribution in [-0.2, 0) is 22.6 Å². The van der Waals surface area contributed by atoms with Crippen LogP contribution in [0.25, 0.3) is 0 Å². The molecule has 0 bridgehead atoms. The maximum absolute atomic E-state index is 12.3. The second-order valence-corrected chi connectivity index (χ2v) is 7.15. The third kappa shape index (κ3) is 6.34. The minimum Gasteiger partial charge on any atom is -0.481 e. The predicted octanol–water partition coefficient (Wildman–Crippen LogP) is 3.86. The molecule has 7 nitrogen and oxygen atoms in total. The van der Waals surface area contributed by atoms with E-state index in [-0.39, 0.29) is 18.4 Å². The van der Waals surface area contributed by atoms with Crippen molar-refractivity contribution < 1.29 is 19.5 Å². The summed E-state index contributed by atoms with van der Waals surface area (Å²) in [5.74, 6) is -0.678. The molecule has 0 aliphatic carbocycles. The zero-order chi connectivity index (χ0) is 20.6. The molecule has 152 valence electrons. The average Bonchev–Trinajstić information content (AvgIpc) is 2.69. The number of urea groups is 1. The minimum absolute atomic E-state index is 0.0436. The molecule has 0 atom stereocenters. The Kier molecular flexibility index (Phi) is 6.84. The van der Waals surface area contributed by atoms with Crippen molar-refractivity contribution in [1.82, 2.24) is 4.90 Å². The highest BCUT2D eigenvalue weighted by Gasteiger charge is 2.18. The predicted molar refractivity (Wildman–Crippen MR) is 111 cm³/mol. The number of carboxylic acid groups (broad SMARTS) is 1. The van der Waals surface area contributed by atoms with Gasteiger partial charge in [-0.2, -0.15) is 0 Å². The van der Waals surface area contributed by atoms with E-state index in [1.807, 2.05) is 29.2 Å². The van der Waals surface area contributed by atoms with Crippen molar-refractivity contribution in [3.05, 3.63) is 59.7 Å². The smallest absolute Gasteiger partial charge is 0.323 e. The zero-order valence-electron chi connectivity index (χ0n) is 16.2. The molecule has 3 rings (SSSR count). The number of amides is 3. The average molecular weight is 395 g/mol. The number of nitrogens with one attached hydrogen (secondary N) is 2. The molecular weight excluding hydrogens is 370 g/mol. The molecule has 1 fully saturated rings. The fourth-order valence-corrected chi connectivity index (χ4v) is 3.35. The van der Waals surface area contributed by atoms with Crippen LogP contribution in [0, 0.1) is 0 Å². The lowest BCUT2D eigenvalue weighted by atomic mass is 10.1. The van der Waals surface area contributed by atoms with Gasteiger partial charge in [-0.15, -0.1) is 0 Å². The first-order chi connectivity index (χ1) is 14.0. The fraction of sp³-hybridized carbons (Fsp3) is 0.318. The van der Waals surface area contributed by atoms with Crippen LogP contribution >= 0.6 is 0 Å². The molecular formula is C22H25N3O4. The van der Waals surface area contributed by atoms with Crippen molar-refractivity contribution in [1.29, 1.82) is 0 Å². The van der Waals surface area contributed by atoms with Gasteiger partial charge in [0.15, 0.2) is 0 Å². The van der Waals surface area contributed by atoms with Gasteiger partial charge in [0.2, 0.25) is 5.91 Å². The van der Waals surface area contributed by atoms with Crippen molar-refractivity contribution in [3.8, 4) is 0 Å². The first kappa shape index (κ1) is 20.4. The molecule has 0 saturated carbocycles. The summed E-state index contributed by atoms with van der Waals surface area (Å²) in [6.45, 7) is 1.32. The zero-order valence-corrected chi connectivity index (χ0v) is 16.2. The number of carbonyl (C=O) groups excluding carboxylic acids is 2. The largest absolute Gasteiger partial charge is 0.481 e. The Labute approximate surface area is 169 Å². The van der Waals surface area contributed by atoms with Crippen molar-refractivity contribution >= 4 is 29.3 Å². The molecule has 2 aromatic carbocycles. The van der Waals surface area contributed by atoms with E-state index < -0.39 is 5.97 Å². The van der Waals surface area contributed by atoms with E-state index in [1.54, 1.807) is 24.3 Å². The van der Waals surface area contributed by atoms with Crippen molar-refractivity contribution in [3.63, 3.8) is 0 Å². The Morgan fingerprint density at radius 3 is 2.28 bits per heavy atom. The molecule has 1 aliphatic rings. The highest BCUT2D eigenvalue weighted by atomic mass is 16.4. The number of carbonyl (C=O) groups is 3. The van der Waals surface area contributed by atoms with E-state index in [0.717, 1.165) is 30.5 Å². The fourth-order valence-electron chi connectivity index (χ4n) is 3.35. The summed E-state index contributed by atoms with van der Waals surface area (Å²) in [6.07, 6.45) is 3.03. The van der Waals surface area contributed by atoms with E-state index in [0.29, 0.717) is 30.8 Å². The van der Waals surface area contributed by atoms with Crippen LogP contribution < -0.4 is 10.6 Å². The number of nitrogens with zero attached hydrogens (tertiary/aromatic N) is 1. The summed E-state index contributed by atoms with van der Waals surface area (Å²) < 4.78 is 0. The number of hydrogen-bond acceptors (Lipinski definition) is 3. The molecule has 1 saturated heterocycles. The highest BCUT2D eigenvalue weighted by Crippen LogP contribution is 2.18. The van der Waals surface area contributed by atoms with Crippen molar-refractivity contribution in [2.45, 2.75) is 38.6 Å². The molecule has 0 radical (unpaired) electrons. The van der Waals surface area contributed by atoms with Crippen LogP contribution in [0.5, 0.6) is 0 Å². The van der Waals surface area contributed by atoms with Gasteiger partial charge < -0.3 is 20.6 Å². The Morgan fingerprint density at radius 1 is 0.966 bits per heavy atom. The molecule has 0 aromatic heterocycles. The number of anilines is 2. The third-order valence-corrected chi connectivity index (χ3v) is 4.79. The van der Waals surface area contributed by atoms with E-state index in [1.165, 1.54) is 0 Å². The lowest BCUT2D eigenvalue weighted by Crippen LogP contribution is -2.34. The van der Waals surface area contributed by atoms with Crippen LogP contribution in [0.4, 0.5) is 16.2 Å². The normalized spacial score (nSPS) is 13.8. The van der Waals surface area contributed by atoms with Crippen molar-refractivity contribution in [2.75, 3.05) is 17.2 Å². The molecule has 29 heavy (non-hydrogen) atoms. The van der Waals surface area contributed by atoms with Gasteiger partial charge in [0.1, 0.15) is 0 Å². The summed E-state index contributed by atoms with van der Waals surface area (Å²) in [5, 5.41) is 14.4. The molecule has 0 unspecified atom stereocenters. The molecule has 3 amide bonds. The molecule has 7 heteroatoms. The number of benzene rings is 2. The van der Waals surface area contributed by atoms with Gasteiger partial charge in [-0.25, -0.2) is 4.79 Å². The first-order valence-electron chi connectivity index (χ1n) is 9.75. The minimum atomic E-state index is -0.854. The molecule has 0 spiro atoms. The van der Waals surface area contributed by atoms with Crippen LogP contribution in [0.2, 0.25) is 0 Å². The number of hydrogen-bond donors (Lipinski definition) is 3. The molecule has 3 N–H and O–H groups in total.